The van der Waals surface area contributed by atoms with Crippen LogP contribution in [0.5, 0.6) is 23.0 Å². The molecule has 16 heteroatoms. The molecule has 388 valence electrons. The van der Waals surface area contributed by atoms with Crippen molar-refractivity contribution in [3.8, 4) is 23.0 Å². The first kappa shape index (κ1) is 51.6. The maximum atomic E-state index is 15.2. The van der Waals surface area contributed by atoms with Crippen molar-refractivity contribution >= 4 is 39.9 Å². The van der Waals surface area contributed by atoms with Crippen molar-refractivity contribution in [3.63, 3.8) is 0 Å². The van der Waals surface area contributed by atoms with Gasteiger partial charge in [-0.15, -0.1) is 6.58 Å². The number of ether oxygens (including phenoxy) is 5. The fraction of sp³-hybridized carbons (Fsp3) is 0.397. The minimum absolute atomic E-state index is 0.0145. The van der Waals surface area contributed by atoms with Crippen molar-refractivity contribution in [3.05, 3.63) is 154 Å². The molecule has 0 bridgehead atoms. The molecule has 9 rings (SSSR count). The number of anilines is 1. The van der Waals surface area contributed by atoms with Crippen LogP contribution in [0.25, 0.3) is 10.8 Å². The molecule has 5 aromatic rings. The standard InChI is InChI=1S/C58H64N4O12/c1-4-30-71-58-53(61(56(65)39-20-21-39)35-41-15-11-14-38-12-5-6-16-45(38)41)34-50(60-72-36-37-18-22-42(23-19-37)62(67)68)47-31-40(13-7-9-28-63)46(17-8-10-29-64)54(55(47)58)48-32-44(25-27-51(48)74-58)73-57(66)59-49-26-24-43(69-2)33-52(49)70-3/h4-6,11-12,14-16,18-19,22-27,31-33,39-40,46,53-55,63-64H,1,7-10,13,17,20-21,28-30,34-36H2,2-3H3,(H,59,66)/t40-,46+,53-,54+,55+,58+/m0/s1. The first-order valence-corrected chi connectivity index (χ1v) is 25.5. The van der Waals surface area contributed by atoms with Crippen LogP contribution >= 0.6 is 0 Å². The fourth-order valence-electron chi connectivity index (χ4n) is 11.3. The van der Waals surface area contributed by atoms with Crippen molar-refractivity contribution < 1.29 is 53.2 Å². The lowest BCUT2D eigenvalue weighted by atomic mass is 9.55. The molecular weight excluding hydrogens is 945 g/mol. The first-order valence-electron chi connectivity index (χ1n) is 25.5. The number of hydrogen-bond donors (Lipinski definition) is 3. The van der Waals surface area contributed by atoms with E-state index < -0.39 is 34.7 Å². The van der Waals surface area contributed by atoms with E-state index >= 15 is 4.79 Å². The zero-order valence-electron chi connectivity index (χ0n) is 41.9. The molecule has 3 aliphatic carbocycles. The molecule has 0 saturated heterocycles. The number of oxime groups is 1. The normalized spacial score (nSPS) is 22.1. The topological polar surface area (TPSA) is 201 Å². The summed E-state index contributed by atoms with van der Waals surface area (Å²) in [5.41, 5.74) is 4.18. The average molecular weight is 1010 g/mol. The van der Waals surface area contributed by atoms with E-state index in [2.05, 4.69) is 42.2 Å². The third-order valence-corrected chi connectivity index (χ3v) is 14.9. The highest BCUT2D eigenvalue weighted by atomic mass is 16.7. The SMILES string of the molecule is C=CCO[C@@]12Oc3ccc(OC(=O)Nc4ccc(OC)cc4OC)cc3[C@H]3[C@H](CCCCO)[C@@H](CCCCO)C=C(C(=NOCc4ccc([N+](=O)[O-])cc4)C[C@@H]1N(Cc1cccc4ccccc14)C(=O)C1CC1)[C@H]32. The summed E-state index contributed by atoms with van der Waals surface area (Å²) in [6.07, 6.45) is 8.93. The van der Waals surface area contributed by atoms with Gasteiger partial charge in [0, 0.05) is 61.8 Å². The predicted octanol–water partition coefficient (Wildman–Crippen LogP) is 10.6. The molecule has 5 aromatic carbocycles. The smallest absolute Gasteiger partial charge is 0.417 e. The van der Waals surface area contributed by atoms with E-state index in [-0.39, 0.29) is 74.5 Å². The number of unbranched alkanes of at least 4 members (excludes halogenated alkanes) is 2. The molecule has 2 saturated carbocycles. The van der Waals surface area contributed by atoms with Gasteiger partial charge >= 0.3 is 6.09 Å². The number of rotatable bonds is 23. The quantitative estimate of drug-likeness (QED) is 0.0242. The highest BCUT2D eigenvalue weighted by Gasteiger charge is 2.66. The summed E-state index contributed by atoms with van der Waals surface area (Å²) >= 11 is 0. The van der Waals surface area contributed by atoms with E-state index in [1.54, 1.807) is 55.7 Å². The molecule has 0 unspecified atom stereocenters. The Morgan fingerprint density at radius 3 is 2.41 bits per heavy atom. The van der Waals surface area contributed by atoms with Crippen molar-refractivity contribution in [2.24, 2.45) is 28.8 Å². The van der Waals surface area contributed by atoms with E-state index in [0.29, 0.717) is 59.9 Å². The van der Waals surface area contributed by atoms with E-state index in [1.165, 1.54) is 19.2 Å². The van der Waals surface area contributed by atoms with Crippen LogP contribution in [0.1, 0.15) is 80.4 Å². The maximum Gasteiger partial charge on any atom is 0.417 e. The Morgan fingerprint density at radius 2 is 1.68 bits per heavy atom. The number of allylic oxidation sites excluding steroid dienone is 1. The van der Waals surface area contributed by atoms with Gasteiger partial charge in [-0.05, 0) is 120 Å². The Hall–Kier alpha value is -7.27. The van der Waals surface area contributed by atoms with E-state index in [1.807, 2.05) is 29.2 Å². The summed E-state index contributed by atoms with van der Waals surface area (Å²) in [4.78, 5) is 48.2. The Kier molecular flexibility index (Phi) is 16.3. The van der Waals surface area contributed by atoms with Crippen LogP contribution in [0, 0.1) is 33.8 Å². The molecule has 1 aliphatic heterocycles. The van der Waals surface area contributed by atoms with E-state index in [4.69, 9.17) is 33.7 Å². The zero-order valence-corrected chi connectivity index (χ0v) is 41.9. The molecule has 4 aliphatic rings. The van der Waals surface area contributed by atoms with Gasteiger partial charge in [0.1, 0.15) is 35.6 Å². The first-order chi connectivity index (χ1) is 36.1. The van der Waals surface area contributed by atoms with E-state index in [9.17, 15) is 25.1 Å². The summed E-state index contributed by atoms with van der Waals surface area (Å²) in [6, 6.07) is 30.0. The lowest BCUT2D eigenvalue weighted by molar-refractivity contribution is -0.384. The second kappa shape index (κ2) is 23.3. The van der Waals surface area contributed by atoms with Gasteiger partial charge in [-0.3, -0.25) is 20.2 Å². The van der Waals surface area contributed by atoms with Gasteiger partial charge in [0.2, 0.25) is 11.7 Å². The van der Waals surface area contributed by atoms with Crippen LogP contribution in [-0.4, -0.2) is 83.6 Å². The molecule has 74 heavy (non-hydrogen) atoms. The van der Waals surface area contributed by atoms with Crippen LogP contribution in [0.15, 0.2) is 133 Å². The number of nitro benzene ring substituents is 1. The Bertz CT molecular complexity index is 2900. The van der Waals surface area contributed by atoms with Crippen LogP contribution < -0.4 is 24.3 Å². The molecule has 0 spiro atoms. The summed E-state index contributed by atoms with van der Waals surface area (Å²) in [5.74, 6) is -1.23. The Balaban J connectivity index is 1.21. The van der Waals surface area contributed by atoms with Gasteiger partial charge in [0.15, 0.2) is 0 Å². The summed E-state index contributed by atoms with van der Waals surface area (Å²) in [7, 11) is 3.04. The molecular formula is C58H64N4O12. The number of methoxy groups -OCH3 is 2. The second-order valence-electron chi connectivity index (χ2n) is 19.4. The number of nitrogens with zero attached hydrogens (tertiary/aromatic N) is 3. The summed E-state index contributed by atoms with van der Waals surface area (Å²) in [5, 5.41) is 41.5. The van der Waals surface area contributed by atoms with Crippen molar-refractivity contribution in [1.82, 2.24) is 4.90 Å². The number of aliphatic hydroxyl groups excluding tert-OH is 2. The van der Waals surface area contributed by atoms with Crippen LogP contribution in [-0.2, 0) is 27.5 Å². The van der Waals surface area contributed by atoms with Gasteiger partial charge < -0.3 is 43.6 Å². The van der Waals surface area contributed by atoms with Crippen molar-refractivity contribution in [1.29, 1.82) is 0 Å². The minimum Gasteiger partial charge on any atom is -0.497 e. The summed E-state index contributed by atoms with van der Waals surface area (Å²) < 4.78 is 31.7. The maximum absolute atomic E-state index is 15.2. The molecule has 1 heterocycles. The van der Waals surface area contributed by atoms with E-state index in [0.717, 1.165) is 53.2 Å². The minimum atomic E-state index is -1.53. The lowest BCUT2D eigenvalue weighted by Gasteiger charge is -2.60. The largest absolute Gasteiger partial charge is 0.497 e. The third-order valence-electron chi connectivity index (χ3n) is 14.9. The van der Waals surface area contributed by atoms with Crippen LogP contribution in [0.3, 0.4) is 0 Å². The molecule has 16 nitrogen and oxygen atoms in total. The zero-order chi connectivity index (χ0) is 51.8. The number of hydrogen-bond acceptors (Lipinski definition) is 13. The highest BCUT2D eigenvalue weighted by molar-refractivity contribution is 6.03. The van der Waals surface area contributed by atoms with Crippen LogP contribution in [0.4, 0.5) is 16.2 Å². The van der Waals surface area contributed by atoms with Crippen molar-refractivity contribution in [2.75, 3.05) is 39.4 Å². The number of nitrogens with one attached hydrogen (secondary N) is 1. The monoisotopic (exact) mass is 1010 g/mol. The van der Waals surface area contributed by atoms with Gasteiger partial charge in [-0.2, -0.15) is 0 Å². The Morgan fingerprint density at radius 1 is 0.919 bits per heavy atom. The second-order valence-corrected chi connectivity index (χ2v) is 19.4. The molecule has 3 N–H and O–H groups in total. The number of carbonyl (C=O) groups excluding carboxylic acids is 2. The number of benzene rings is 5. The number of fused-ring (bicyclic) bond motifs is 3. The highest BCUT2D eigenvalue weighted by Crippen LogP contribution is 2.62. The molecule has 0 aromatic heterocycles. The van der Waals surface area contributed by atoms with Gasteiger partial charge in [-0.1, -0.05) is 72.6 Å². The fourth-order valence-corrected chi connectivity index (χ4v) is 11.3. The van der Waals surface area contributed by atoms with Gasteiger partial charge in [-0.25, -0.2) is 4.79 Å². The number of non-ortho nitro benzene ring substituents is 1. The number of carbonyl (C=O) groups is 2. The molecule has 0 radical (unpaired) electrons. The molecule has 2 fully saturated rings. The number of amides is 2. The Labute approximate surface area is 430 Å². The van der Waals surface area contributed by atoms with Crippen molar-refractivity contribution in [2.45, 2.75) is 88.7 Å². The predicted molar refractivity (Wildman–Crippen MR) is 279 cm³/mol. The lowest BCUT2D eigenvalue weighted by Crippen LogP contribution is -2.70. The van der Waals surface area contributed by atoms with Crippen LogP contribution in [0.2, 0.25) is 0 Å². The number of nitro groups is 1. The van der Waals surface area contributed by atoms with Gasteiger partial charge in [0.05, 0.1) is 43.1 Å². The van der Waals surface area contributed by atoms with Gasteiger partial charge in [0.25, 0.3) is 5.69 Å². The summed E-state index contributed by atoms with van der Waals surface area (Å²) in [6.45, 7) is 4.48. The molecule has 6 atom stereocenters. The molecule has 2 amide bonds. The number of aliphatic hydroxyl groups is 2. The average Bonchev–Trinajstić information content (AvgIpc) is 4.29. The third kappa shape index (κ3) is 11.0.